The van der Waals surface area contributed by atoms with Gasteiger partial charge in [0.15, 0.2) is 6.23 Å². The van der Waals surface area contributed by atoms with Gasteiger partial charge in [0.2, 0.25) is 0 Å². The minimum atomic E-state index is -1.20. The highest BCUT2D eigenvalue weighted by molar-refractivity contribution is 5.99. The van der Waals surface area contributed by atoms with Crippen molar-refractivity contribution in [1.29, 1.82) is 0 Å². The maximum atomic E-state index is 10.3. The maximum Gasteiger partial charge on any atom is 0.164 e. The first kappa shape index (κ1) is 15.1. The molecular weight excluding hydrogens is 314 g/mol. The summed E-state index contributed by atoms with van der Waals surface area (Å²) in [5.74, 6) is 0.301. The number of hydrogen-bond acceptors (Lipinski definition) is 7. The smallest absolute Gasteiger partial charge is 0.164 e. The van der Waals surface area contributed by atoms with Crippen LogP contribution in [-0.4, -0.2) is 59.8 Å². The van der Waals surface area contributed by atoms with Crippen LogP contribution in [-0.2, 0) is 4.74 Å². The Morgan fingerprint density at radius 3 is 2.79 bits per heavy atom. The number of aliphatic hydroxyl groups is 3. The van der Waals surface area contributed by atoms with Gasteiger partial charge in [0.05, 0.1) is 12.0 Å². The molecule has 0 radical (unpaired) electrons. The van der Waals surface area contributed by atoms with Crippen LogP contribution in [0, 0.1) is 0 Å². The van der Waals surface area contributed by atoms with Gasteiger partial charge in [-0.1, -0.05) is 0 Å². The second kappa shape index (κ2) is 5.56. The molecule has 6 N–H and O–H groups in total. The maximum absolute atomic E-state index is 10.3. The normalized spacial score (nSPS) is 27.1. The summed E-state index contributed by atoms with van der Waals surface area (Å²) < 4.78 is 7.21. The Kier molecular flexibility index (Phi) is 3.50. The highest BCUT2D eigenvalue weighted by atomic mass is 16.6. The van der Waals surface area contributed by atoms with E-state index in [2.05, 4.69) is 15.0 Å². The van der Waals surface area contributed by atoms with Gasteiger partial charge in [-0.05, 0) is 12.1 Å². The van der Waals surface area contributed by atoms with E-state index in [1.54, 1.807) is 17.0 Å². The SMILES string of the molecule is Nc1ncnc2c1c(-c1ccc[nH]1)cn2[C@@H]1O[C@H](CO)C(O)[C@@H]1O. The van der Waals surface area contributed by atoms with Crippen LogP contribution in [0.1, 0.15) is 6.23 Å². The lowest BCUT2D eigenvalue weighted by atomic mass is 10.1. The lowest BCUT2D eigenvalue weighted by Gasteiger charge is -2.17. The van der Waals surface area contributed by atoms with Gasteiger partial charge in [0, 0.05) is 23.7 Å². The number of hydrogen-bond donors (Lipinski definition) is 5. The van der Waals surface area contributed by atoms with Crippen LogP contribution in [0.4, 0.5) is 5.82 Å². The molecule has 0 bridgehead atoms. The lowest BCUT2D eigenvalue weighted by molar-refractivity contribution is -0.0508. The molecule has 1 aliphatic rings. The summed E-state index contributed by atoms with van der Waals surface area (Å²) in [7, 11) is 0. The minimum absolute atomic E-state index is 0.301. The zero-order valence-electron chi connectivity index (χ0n) is 12.6. The monoisotopic (exact) mass is 331 g/mol. The molecule has 1 fully saturated rings. The van der Waals surface area contributed by atoms with Crippen LogP contribution in [0.15, 0.2) is 30.9 Å². The van der Waals surface area contributed by atoms with Crippen LogP contribution in [0.25, 0.3) is 22.3 Å². The standard InChI is InChI=1S/C15H17N5O4/c16-13-10-7(8-2-1-3-17-8)4-20(14(10)19-6-18-13)15-12(23)11(22)9(5-21)24-15/h1-4,6,9,11-12,15,17,21-23H,5H2,(H2,16,18,19)/t9-,11?,12+,15-/m1/s1. The van der Waals surface area contributed by atoms with Crippen molar-refractivity contribution in [2.75, 3.05) is 12.3 Å². The summed E-state index contributed by atoms with van der Waals surface area (Å²) in [6.45, 7) is -0.394. The number of anilines is 1. The second-order valence-electron chi connectivity index (χ2n) is 5.72. The van der Waals surface area contributed by atoms with Gasteiger partial charge in [-0.2, -0.15) is 0 Å². The Bertz CT molecular complexity index is 862. The van der Waals surface area contributed by atoms with Crippen molar-refractivity contribution in [3.05, 3.63) is 30.9 Å². The van der Waals surface area contributed by atoms with Crippen molar-refractivity contribution in [2.24, 2.45) is 0 Å². The van der Waals surface area contributed by atoms with Gasteiger partial charge in [-0.3, -0.25) is 0 Å². The van der Waals surface area contributed by atoms with Crippen LogP contribution >= 0.6 is 0 Å². The highest BCUT2D eigenvalue weighted by Gasteiger charge is 2.44. The number of fused-ring (bicyclic) bond motifs is 1. The Balaban J connectivity index is 1.90. The number of nitrogens with one attached hydrogen (secondary N) is 1. The summed E-state index contributed by atoms with van der Waals surface area (Å²) in [5, 5.41) is 30.2. The number of ether oxygens (including phenoxy) is 1. The first-order chi connectivity index (χ1) is 11.6. The molecule has 1 aliphatic heterocycles. The Morgan fingerprint density at radius 2 is 2.12 bits per heavy atom. The van der Waals surface area contributed by atoms with Crippen LogP contribution in [0.2, 0.25) is 0 Å². The number of aromatic amines is 1. The number of nitrogen functional groups attached to an aromatic ring is 1. The topological polar surface area (TPSA) is 142 Å². The van der Waals surface area contributed by atoms with Crippen LogP contribution in [0.5, 0.6) is 0 Å². The molecule has 4 heterocycles. The van der Waals surface area contributed by atoms with Gasteiger partial charge in [-0.25, -0.2) is 9.97 Å². The van der Waals surface area contributed by atoms with Crippen molar-refractivity contribution >= 4 is 16.9 Å². The van der Waals surface area contributed by atoms with E-state index >= 15 is 0 Å². The van der Waals surface area contributed by atoms with E-state index in [-0.39, 0.29) is 0 Å². The van der Waals surface area contributed by atoms with Crippen molar-refractivity contribution < 1.29 is 20.1 Å². The number of H-pyrrole nitrogens is 1. The van der Waals surface area contributed by atoms with Gasteiger partial charge in [0.25, 0.3) is 0 Å². The van der Waals surface area contributed by atoms with E-state index in [1.807, 2.05) is 12.1 Å². The average Bonchev–Trinajstić information content (AvgIpc) is 3.28. The fourth-order valence-corrected chi connectivity index (χ4v) is 3.11. The zero-order chi connectivity index (χ0) is 16.8. The molecule has 0 spiro atoms. The molecule has 0 amide bonds. The molecule has 3 aromatic heterocycles. The Morgan fingerprint density at radius 1 is 1.29 bits per heavy atom. The molecule has 4 atom stereocenters. The largest absolute Gasteiger partial charge is 0.394 e. The van der Waals surface area contributed by atoms with Crippen molar-refractivity contribution in [3.8, 4) is 11.3 Å². The van der Waals surface area contributed by atoms with Crippen molar-refractivity contribution in [3.63, 3.8) is 0 Å². The predicted molar refractivity (Wildman–Crippen MR) is 84.7 cm³/mol. The fourth-order valence-electron chi connectivity index (χ4n) is 3.11. The van der Waals surface area contributed by atoms with Gasteiger partial charge >= 0.3 is 0 Å². The molecule has 1 saturated heterocycles. The Labute approximate surface area is 136 Å². The molecule has 3 aromatic rings. The fraction of sp³-hybridized carbons (Fsp3) is 0.333. The lowest BCUT2D eigenvalue weighted by Crippen LogP contribution is -2.33. The first-order valence-corrected chi connectivity index (χ1v) is 7.49. The van der Waals surface area contributed by atoms with Gasteiger partial charge in [0.1, 0.15) is 36.1 Å². The molecular formula is C15H17N5O4. The summed E-state index contributed by atoms with van der Waals surface area (Å²) in [6, 6.07) is 3.73. The second-order valence-corrected chi connectivity index (χ2v) is 5.72. The van der Waals surface area contributed by atoms with E-state index in [0.29, 0.717) is 16.9 Å². The third kappa shape index (κ3) is 2.10. The van der Waals surface area contributed by atoms with Crippen molar-refractivity contribution in [1.82, 2.24) is 19.5 Å². The molecule has 1 unspecified atom stereocenters. The molecule has 0 aromatic carbocycles. The average molecular weight is 331 g/mol. The van der Waals surface area contributed by atoms with Crippen LogP contribution < -0.4 is 5.73 Å². The molecule has 0 aliphatic carbocycles. The number of aromatic nitrogens is 4. The summed E-state index contributed by atoms with van der Waals surface area (Å²) >= 11 is 0. The first-order valence-electron chi connectivity index (χ1n) is 7.49. The number of rotatable bonds is 3. The number of nitrogens with two attached hydrogens (primary N) is 1. The van der Waals surface area contributed by atoms with Gasteiger partial charge < -0.3 is 35.3 Å². The molecule has 126 valence electrons. The van der Waals surface area contributed by atoms with E-state index in [4.69, 9.17) is 10.5 Å². The molecule has 4 rings (SSSR count). The molecule has 24 heavy (non-hydrogen) atoms. The Hall–Kier alpha value is -2.46. The zero-order valence-corrected chi connectivity index (χ0v) is 12.6. The van der Waals surface area contributed by atoms with E-state index in [0.717, 1.165) is 11.3 Å². The third-order valence-electron chi connectivity index (χ3n) is 4.32. The quantitative estimate of drug-likeness (QED) is 0.440. The number of nitrogens with zero attached hydrogens (tertiary/aromatic N) is 3. The van der Waals surface area contributed by atoms with E-state index in [9.17, 15) is 15.3 Å². The van der Waals surface area contributed by atoms with E-state index in [1.165, 1.54) is 6.33 Å². The molecule has 9 nitrogen and oxygen atoms in total. The number of aliphatic hydroxyl groups excluding tert-OH is 3. The highest BCUT2D eigenvalue weighted by Crippen LogP contribution is 2.37. The summed E-state index contributed by atoms with van der Waals surface area (Å²) in [4.78, 5) is 11.4. The van der Waals surface area contributed by atoms with Gasteiger partial charge in [-0.15, -0.1) is 0 Å². The summed E-state index contributed by atoms with van der Waals surface area (Å²) in [5.41, 5.74) is 8.06. The minimum Gasteiger partial charge on any atom is -0.394 e. The molecule has 0 saturated carbocycles. The van der Waals surface area contributed by atoms with Crippen LogP contribution in [0.3, 0.4) is 0 Å². The summed E-state index contributed by atoms with van der Waals surface area (Å²) in [6.07, 6.45) is 0.699. The third-order valence-corrected chi connectivity index (χ3v) is 4.32. The van der Waals surface area contributed by atoms with Crippen molar-refractivity contribution in [2.45, 2.75) is 24.5 Å². The predicted octanol–water partition coefficient (Wildman–Crippen LogP) is -0.380. The van der Waals surface area contributed by atoms with E-state index < -0.39 is 31.1 Å². The molecule has 9 heteroatoms.